The van der Waals surface area contributed by atoms with Crippen molar-refractivity contribution in [3.8, 4) is 0 Å². The molecule has 1 rings (SSSR count). The molecule has 0 N–H and O–H groups in total. The fourth-order valence-electron chi connectivity index (χ4n) is 1.72. The Kier molecular flexibility index (Phi) is 3.89. The van der Waals surface area contributed by atoms with Crippen LogP contribution in [0, 0.1) is 0 Å². The van der Waals surface area contributed by atoms with Crippen LogP contribution in [0.4, 0.5) is 0 Å². The second kappa shape index (κ2) is 4.75. The van der Waals surface area contributed by atoms with Crippen LogP contribution in [-0.2, 0) is 15.7 Å². The third kappa shape index (κ3) is 3.12. The van der Waals surface area contributed by atoms with Gasteiger partial charge >= 0.3 is 5.97 Å². The first-order valence-electron chi connectivity index (χ1n) is 6.35. The van der Waals surface area contributed by atoms with Crippen molar-refractivity contribution in [2.24, 2.45) is 0 Å². The molecule has 102 valence electrons. The molecule has 0 bridgehead atoms. The van der Waals surface area contributed by atoms with Gasteiger partial charge < -0.3 is 9.30 Å². The lowest BCUT2D eigenvalue weighted by molar-refractivity contribution is 0.0519. The highest BCUT2D eigenvalue weighted by atomic mass is 16.5. The molecule has 0 amide bonds. The molecule has 0 radical (unpaired) electrons. The minimum Gasteiger partial charge on any atom is -0.461 e. The van der Waals surface area contributed by atoms with Crippen LogP contribution in [-0.4, -0.2) is 22.1 Å². The van der Waals surface area contributed by atoms with Crippen molar-refractivity contribution in [1.29, 1.82) is 0 Å². The van der Waals surface area contributed by atoms with Gasteiger partial charge in [-0.1, -0.05) is 20.8 Å². The Labute approximate surface area is 109 Å². The number of esters is 1. The van der Waals surface area contributed by atoms with E-state index in [1.165, 1.54) is 0 Å². The summed E-state index contributed by atoms with van der Waals surface area (Å²) in [5, 5.41) is 0. The minimum atomic E-state index is -0.356. The molecule has 0 fully saturated rings. The lowest BCUT2D eigenvalue weighted by atomic mass is 9.94. The van der Waals surface area contributed by atoms with E-state index < -0.39 is 0 Å². The fraction of sp³-hybridized carbons (Fsp3) is 0.714. The van der Waals surface area contributed by atoms with Crippen LogP contribution >= 0.6 is 0 Å². The van der Waals surface area contributed by atoms with E-state index in [4.69, 9.17) is 4.74 Å². The molecule has 0 spiro atoms. The highest BCUT2D eigenvalue weighted by Crippen LogP contribution is 2.27. The first-order chi connectivity index (χ1) is 8.07. The van der Waals surface area contributed by atoms with Crippen molar-refractivity contribution in [2.75, 3.05) is 6.61 Å². The molecule has 0 saturated heterocycles. The Balaban J connectivity index is 3.29. The zero-order chi connectivity index (χ0) is 14.1. The van der Waals surface area contributed by atoms with Gasteiger partial charge in [0.25, 0.3) is 0 Å². The van der Waals surface area contributed by atoms with Crippen molar-refractivity contribution >= 4 is 5.97 Å². The van der Waals surface area contributed by atoms with E-state index in [1.54, 1.807) is 13.1 Å². The predicted octanol–water partition coefficient (Wildman–Crippen LogP) is 3.11. The lowest BCUT2D eigenvalue weighted by Crippen LogP contribution is -2.29. The summed E-state index contributed by atoms with van der Waals surface area (Å²) in [5.74, 6) is 0.545. The van der Waals surface area contributed by atoms with Crippen LogP contribution in [0.1, 0.15) is 64.8 Å². The minimum absolute atomic E-state index is 0.111. The Hall–Kier alpha value is -1.32. The first-order valence-corrected chi connectivity index (χ1v) is 6.35. The highest BCUT2D eigenvalue weighted by molar-refractivity contribution is 5.87. The smallest absolute Gasteiger partial charge is 0.358 e. The van der Waals surface area contributed by atoms with Gasteiger partial charge in [-0.25, -0.2) is 9.78 Å². The van der Waals surface area contributed by atoms with E-state index in [-0.39, 0.29) is 16.9 Å². The summed E-state index contributed by atoms with van der Waals surface area (Å²) in [6.45, 7) is 14.7. The van der Waals surface area contributed by atoms with Crippen LogP contribution in [0.5, 0.6) is 0 Å². The molecule has 1 aromatic heterocycles. The van der Waals surface area contributed by atoms with Crippen molar-refractivity contribution < 1.29 is 9.53 Å². The molecule has 0 atom stereocenters. The highest BCUT2D eigenvalue weighted by Gasteiger charge is 2.28. The molecule has 0 unspecified atom stereocenters. The van der Waals surface area contributed by atoms with Gasteiger partial charge in [0.15, 0.2) is 5.69 Å². The topological polar surface area (TPSA) is 44.1 Å². The predicted molar refractivity (Wildman–Crippen MR) is 71.9 cm³/mol. The summed E-state index contributed by atoms with van der Waals surface area (Å²) in [6, 6.07) is 0. The molecular weight excluding hydrogens is 228 g/mol. The summed E-state index contributed by atoms with van der Waals surface area (Å²) >= 11 is 0. The number of imidazole rings is 1. The summed E-state index contributed by atoms with van der Waals surface area (Å²) in [4.78, 5) is 16.2. The second-order valence-electron chi connectivity index (χ2n) is 6.46. The number of nitrogens with zero attached hydrogens (tertiary/aromatic N) is 2. The monoisotopic (exact) mass is 252 g/mol. The number of ether oxygens (including phenoxy) is 1. The van der Waals surface area contributed by atoms with Gasteiger partial charge in [0.05, 0.1) is 6.61 Å². The largest absolute Gasteiger partial charge is 0.461 e. The van der Waals surface area contributed by atoms with E-state index in [1.807, 2.05) is 0 Å². The third-order valence-electron chi connectivity index (χ3n) is 2.58. The molecule has 1 heterocycles. The number of carbonyl (C=O) groups excluding carboxylic acids is 1. The molecule has 0 aliphatic rings. The molecule has 4 nitrogen and oxygen atoms in total. The van der Waals surface area contributed by atoms with E-state index in [9.17, 15) is 4.79 Å². The summed E-state index contributed by atoms with van der Waals surface area (Å²) in [6.07, 6.45) is 1.79. The third-order valence-corrected chi connectivity index (χ3v) is 2.58. The van der Waals surface area contributed by atoms with Gasteiger partial charge in [-0.2, -0.15) is 0 Å². The van der Waals surface area contributed by atoms with Crippen molar-refractivity contribution in [3.05, 3.63) is 17.7 Å². The second-order valence-corrected chi connectivity index (χ2v) is 6.46. The molecule has 4 heteroatoms. The Bertz CT molecular complexity index is 402. The van der Waals surface area contributed by atoms with E-state index >= 15 is 0 Å². The Morgan fingerprint density at radius 3 is 2.17 bits per heavy atom. The first kappa shape index (κ1) is 14.7. The molecule has 0 aliphatic carbocycles. The van der Waals surface area contributed by atoms with Gasteiger partial charge in [0.2, 0.25) is 0 Å². The number of aromatic nitrogens is 2. The molecular formula is C14H24N2O2. The van der Waals surface area contributed by atoms with Crippen molar-refractivity contribution in [3.63, 3.8) is 0 Å². The number of rotatable bonds is 2. The van der Waals surface area contributed by atoms with Crippen molar-refractivity contribution in [1.82, 2.24) is 9.55 Å². The van der Waals surface area contributed by atoms with Crippen molar-refractivity contribution in [2.45, 2.75) is 59.4 Å². The maximum Gasteiger partial charge on any atom is 0.358 e. The number of hydrogen-bond acceptors (Lipinski definition) is 3. The zero-order valence-electron chi connectivity index (χ0n) is 12.5. The van der Waals surface area contributed by atoms with Crippen LogP contribution in [0.2, 0.25) is 0 Å². The van der Waals surface area contributed by atoms with Gasteiger partial charge in [-0.3, -0.25) is 0 Å². The van der Waals surface area contributed by atoms with E-state index in [0.29, 0.717) is 12.3 Å². The average molecular weight is 252 g/mol. The average Bonchev–Trinajstić information content (AvgIpc) is 2.60. The summed E-state index contributed by atoms with van der Waals surface area (Å²) in [7, 11) is 0. The van der Waals surface area contributed by atoms with E-state index in [0.717, 1.165) is 5.82 Å². The van der Waals surface area contributed by atoms with Gasteiger partial charge in [-0.05, 0) is 27.7 Å². The maximum absolute atomic E-state index is 11.8. The quantitative estimate of drug-likeness (QED) is 0.760. The number of hydrogen-bond donors (Lipinski definition) is 0. The van der Waals surface area contributed by atoms with Crippen LogP contribution in [0.15, 0.2) is 6.20 Å². The molecule has 0 aliphatic heterocycles. The van der Waals surface area contributed by atoms with Crippen LogP contribution in [0.25, 0.3) is 0 Å². The molecule has 0 saturated carbocycles. The van der Waals surface area contributed by atoms with Crippen LogP contribution < -0.4 is 0 Å². The molecule has 1 aromatic rings. The zero-order valence-corrected chi connectivity index (χ0v) is 12.5. The van der Waals surface area contributed by atoms with Crippen LogP contribution in [0.3, 0.4) is 0 Å². The van der Waals surface area contributed by atoms with Gasteiger partial charge in [0.1, 0.15) is 5.82 Å². The SMILES string of the molecule is CCOC(=O)c1cn(C(C)(C)C)c(C(C)(C)C)n1. The molecule has 18 heavy (non-hydrogen) atoms. The van der Waals surface area contributed by atoms with E-state index in [2.05, 4.69) is 51.1 Å². The fourth-order valence-corrected chi connectivity index (χ4v) is 1.72. The van der Waals surface area contributed by atoms with Gasteiger partial charge in [-0.15, -0.1) is 0 Å². The normalized spacial score (nSPS) is 12.6. The molecule has 0 aromatic carbocycles. The Morgan fingerprint density at radius 2 is 1.83 bits per heavy atom. The number of carbonyl (C=O) groups is 1. The standard InChI is InChI=1S/C14H24N2O2/c1-8-18-11(17)10-9-16(14(5,6)7)12(15-10)13(2,3)4/h9H,8H2,1-7H3. The lowest BCUT2D eigenvalue weighted by Gasteiger charge is -2.28. The summed E-state index contributed by atoms with van der Waals surface area (Å²) < 4.78 is 7.06. The maximum atomic E-state index is 11.8. The summed E-state index contributed by atoms with van der Waals surface area (Å²) in [5.41, 5.74) is 0.162. The Morgan fingerprint density at radius 1 is 1.28 bits per heavy atom. The van der Waals surface area contributed by atoms with Gasteiger partial charge in [0, 0.05) is 17.2 Å².